The number of aromatic nitrogens is 2. The summed E-state index contributed by atoms with van der Waals surface area (Å²) in [6.45, 7) is 1.31. The molecule has 2 aromatic heterocycles. The van der Waals surface area contributed by atoms with Crippen molar-refractivity contribution in [3.05, 3.63) is 66.1 Å². The fourth-order valence-electron chi connectivity index (χ4n) is 2.70. The predicted molar refractivity (Wildman–Crippen MR) is 89.2 cm³/mol. The van der Waals surface area contributed by atoms with Gasteiger partial charge >= 0.3 is 0 Å². The van der Waals surface area contributed by atoms with Gasteiger partial charge in [-0.2, -0.15) is 0 Å². The van der Waals surface area contributed by atoms with Gasteiger partial charge in [0.05, 0.1) is 13.2 Å². The van der Waals surface area contributed by atoms with E-state index in [1.165, 1.54) is 0 Å². The summed E-state index contributed by atoms with van der Waals surface area (Å²) in [5, 5.41) is 10.2. The van der Waals surface area contributed by atoms with E-state index in [9.17, 15) is 9.90 Å². The molecule has 0 aliphatic carbocycles. The molecule has 0 aliphatic heterocycles. The van der Waals surface area contributed by atoms with Crippen LogP contribution in [0.4, 0.5) is 0 Å². The van der Waals surface area contributed by atoms with Crippen LogP contribution in [0.3, 0.4) is 0 Å². The Morgan fingerprint density at radius 3 is 2.87 bits per heavy atom. The van der Waals surface area contributed by atoms with Gasteiger partial charge in [-0.25, -0.2) is 0 Å². The van der Waals surface area contributed by atoms with Gasteiger partial charge in [0.25, 0.3) is 0 Å². The molecule has 23 heavy (non-hydrogen) atoms. The second-order valence-electron chi connectivity index (χ2n) is 5.47. The van der Waals surface area contributed by atoms with Crippen LogP contribution < -0.4 is 0 Å². The number of para-hydroxylation sites is 1. The molecule has 1 aromatic carbocycles. The number of fused-ring (bicyclic) bond motifs is 1. The van der Waals surface area contributed by atoms with Crippen LogP contribution in [0.2, 0.25) is 0 Å². The van der Waals surface area contributed by atoms with Crippen molar-refractivity contribution in [1.82, 2.24) is 14.9 Å². The highest BCUT2D eigenvalue weighted by molar-refractivity contribution is 6.08. The zero-order valence-corrected chi connectivity index (χ0v) is 12.8. The van der Waals surface area contributed by atoms with Crippen LogP contribution in [-0.4, -0.2) is 45.5 Å². The maximum atomic E-state index is 12.6. The monoisotopic (exact) mass is 309 g/mol. The standard InChI is InChI=1S/C18H19N3O2/c22-9-8-21(12-14-4-3-7-19-10-14)13-18(23)16-11-20-17-6-2-1-5-15(16)17/h1-7,10-11,20,22H,8-9,12-13H2. The molecule has 3 rings (SSSR count). The second kappa shape index (κ2) is 7.17. The van der Waals surface area contributed by atoms with Crippen LogP contribution in [0.5, 0.6) is 0 Å². The Bertz CT molecular complexity index is 783. The fraction of sp³-hybridized carbons (Fsp3) is 0.222. The highest BCUT2D eigenvalue weighted by Crippen LogP contribution is 2.18. The topological polar surface area (TPSA) is 69.2 Å². The number of rotatable bonds is 7. The number of H-pyrrole nitrogens is 1. The quantitative estimate of drug-likeness (QED) is 0.657. The number of aromatic amines is 1. The number of aliphatic hydroxyl groups is 1. The van der Waals surface area contributed by atoms with Gasteiger partial charge in [0.15, 0.2) is 5.78 Å². The van der Waals surface area contributed by atoms with Crippen molar-refractivity contribution in [3.8, 4) is 0 Å². The lowest BCUT2D eigenvalue weighted by Crippen LogP contribution is -2.32. The van der Waals surface area contributed by atoms with Crippen LogP contribution in [0, 0.1) is 0 Å². The molecule has 0 fully saturated rings. The van der Waals surface area contributed by atoms with Gasteiger partial charge in [0.1, 0.15) is 0 Å². The zero-order valence-electron chi connectivity index (χ0n) is 12.8. The number of Topliss-reactive ketones (excluding diaryl/α,β-unsaturated/α-hetero) is 1. The van der Waals surface area contributed by atoms with E-state index in [1.807, 2.05) is 41.3 Å². The number of hydrogen-bond acceptors (Lipinski definition) is 4. The summed E-state index contributed by atoms with van der Waals surface area (Å²) in [4.78, 5) is 21.8. The third-order valence-corrected chi connectivity index (χ3v) is 3.80. The average molecular weight is 309 g/mol. The summed E-state index contributed by atoms with van der Waals surface area (Å²) in [6.07, 6.45) is 5.26. The third kappa shape index (κ3) is 3.64. The summed E-state index contributed by atoms with van der Waals surface area (Å²) in [5.41, 5.74) is 2.67. The first-order chi connectivity index (χ1) is 11.3. The molecule has 0 amide bonds. The van der Waals surface area contributed by atoms with Gasteiger partial charge in [-0.3, -0.25) is 14.7 Å². The molecule has 5 heteroatoms. The van der Waals surface area contributed by atoms with E-state index in [0.29, 0.717) is 18.7 Å². The molecule has 5 nitrogen and oxygen atoms in total. The number of carbonyl (C=O) groups is 1. The van der Waals surface area contributed by atoms with E-state index in [1.54, 1.807) is 18.6 Å². The number of nitrogens with zero attached hydrogens (tertiary/aromatic N) is 2. The number of nitrogens with one attached hydrogen (secondary N) is 1. The summed E-state index contributed by atoms with van der Waals surface area (Å²) in [5.74, 6) is 0.0415. The van der Waals surface area contributed by atoms with Gasteiger partial charge in [-0.15, -0.1) is 0 Å². The molecule has 2 N–H and O–H groups in total. The van der Waals surface area contributed by atoms with Crippen LogP contribution in [0.1, 0.15) is 15.9 Å². The summed E-state index contributed by atoms with van der Waals surface area (Å²) >= 11 is 0. The lowest BCUT2D eigenvalue weighted by Gasteiger charge is -2.20. The van der Waals surface area contributed by atoms with E-state index in [-0.39, 0.29) is 18.9 Å². The van der Waals surface area contributed by atoms with E-state index >= 15 is 0 Å². The van der Waals surface area contributed by atoms with Crippen molar-refractivity contribution in [2.75, 3.05) is 19.7 Å². The van der Waals surface area contributed by atoms with Gasteiger partial charge in [0, 0.05) is 48.1 Å². The van der Waals surface area contributed by atoms with Gasteiger partial charge in [-0.05, 0) is 17.7 Å². The predicted octanol–water partition coefficient (Wildman–Crippen LogP) is 2.24. The number of ketones is 1. The van der Waals surface area contributed by atoms with E-state index < -0.39 is 0 Å². The lowest BCUT2D eigenvalue weighted by atomic mass is 10.1. The summed E-state index contributed by atoms with van der Waals surface area (Å²) in [6, 6.07) is 11.6. The molecule has 0 unspecified atom stereocenters. The van der Waals surface area contributed by atoms with Gasteiger partial charge in [0.2, 0.25) is 0 Å². The SMILES string of the molecule is O=C(CN(CCO)Cc1cccnc1)c1c[nH]c2ccccc12. The molecule has 0 radical (unpaired) electrons. The molecule has 0 bridgehead atoms. The first-order valence-electron chi connectivity index (χ1n) is 7.59. The summed E-state index contributed by atoms with van der Waals surface area (Å²) < 4.78 is 0. The molecular weight excluding hydrogens is 290 g/mol. The van der Waals surface area contributed by atoms with Crippen LogP contribution >= 0.6 is 0 Å². The number of carbonyl (C=O) groups excluding carboxylic acids is 1. The van der Waals surface area contributed by atoms with Crippen LogP contribution in [0.15, 0.2) is 55.0 Å². The number of hydrogen-bond donors (Lipinski definition) is 2. The molecule has 2 heterocycles. The van der Waals surface area contributed by atoms with Gasteiger partial charge in [-0.1, -0.05) is 24.3 Å². The fourth-order valence-corrected chi connectivity index (χ4v) is 2.70. The Morgan fingerprint density at radius 1 is 1.22 bits per heavy atom. The molecule has 0 saturated carbocycles. The van der Waals surface area contributed by atoms with Crippen LogP contribution in [0.25, 0.3) is 10.9 Å². The van der Waals surface area contributed by atoms with Crippen LogP contribution in [-0.2, 0) is 6.54 Å². The lowest BCUT2D eigenvalue weighted by molar-refractivity contribution is 0.0910. The summed E-state index contributed by atoms with van der Waals surface area (Å²) in [7, 11) is 0. The molecule has 0 aliphatic rings. The first-order valence-corrected chi connectivity index (χ1v) is 7.59. The third-order valence-electron chi connectivity index (χ3n) is 3.80. The van der Waals surface area contributed by atoms with Crippen molar-refractivity contribution in [3.63, 3.8) is 0 Å². The highest BCUT2D eigenvalue weighted by Gasteiger charge is 2.16. The maximum absolute atomic E-state index is 12.6. The van der Waals surface area contributed by atoms with Gasteiger partial charge < -0.3 is 10.1 Å². The van der Waals surface area contributed by atoms with E-state index in [0.717, 1.165) is 16.5 Å². The Labute approximate surface area is 134 Å². The number of benzene rings is 1. The maximum Gasteiger partial charge on any atom is 0.178 e. The zero-order chi connectivity index (χ0) is 16.1. The Morgan fingerprint density at radius 2 is 2.09 bits per heavy atom. The highest BCUT2D eigenvalue weighted by atomic mass is 16.3. The minimum atomic E-state index is 0.0153. The smallest absolute Gasteiger partial charge is 0.178 e. The van der Waals surface area contributed by atoms with Crippen molar-refractivity contribution in [2.24, 2.45) is 0 Å². The molecule has 0 saturated heterocycles. The molecular formula is C18H19N3O2. The second-order valence-corrected chi connectivity index (χ2v) is 5.47. The number of pyridine rings is 1. The minimum absolute atomic E-state index is 0.0153. The van der Waals surface area contributed by atoms with Crippen molar-refractivity contribution in [1.29, 1.82) is 0 Å². The van der Waals surface area contributed by atoms with Crippen molar-refractivity contribution in [2.45, 2.75) is 6.54 Å². The van der Waals surface area contributed by atoms with E-state index in [2.05, 4.69) is 9.97 Å². The Balaban J connectivity index is 1.75. The van der Waals surface area contributed by atoms with Crippen molar-refractivity contribution >= 4 is 16.7 Å². The largest absolute Gasteiger partial charge is 0.395 e. The average Bonchev–Trinajstić information content (AvgIpc) is 3.00. The normalized spacial score (nSPS) is 11.2. The molecule has 0 spiro atoms. The number of aliphatic hydroxyl groups excluding tert-OH is 1. The van der Waals surface area contributed by atoms with E-state index in [4.69, 9.17) is 0 Å². The minimum Gasteiger partial charge on any atom is -0.395 e. The molecule has 3 aromatic rings. The Kier molecular flexibility index (Phi) is 4.80. The Hall–Kier alpha value is -2.50. The molecule has 0 atom stereocenters. The van der Waals surface area contributed by atoms with Crippen molar-refractivity contribution < 1.29 is 9.90 Å². The first kappa shape index (κ1) is 15.4. The molecule has 118 valence electrons.